The van der Waals surface area contributed by atoms with Crippen LogP contribution in [-0.4, -0.2) is 15.5 Å². The Morgan fingerprint density at radius 3 is 2.82 bits per heavy atom. The molecule has 1 heterocycles. The summed E-state index contributed by atoms with van der Waals surface area (Å²) in [6, 6.07) is 3.64. The lowest BCUT2D eigenvalue weighted by atomic mass is 10.5. The van der Waals surface area contributed by atoms with Crippen molar-refractivity contribution < 1.29 is 8.42 Å². The van der Waals surface area contributed by atoms with Gasteiger partial charge < -0.3 is 0 Å². The van der Waals surface area contributed by atoms with Crippen LogP contribution in [-0.2, 0) is 15.8 Å². The summed E-state index contributed by atoms with van der Waals surface area (Å²) >= 11 is 1.45. The Bertz CT molecular complexity index is 301. The molecule has 1 aromatic rings. The Morgan fingerprint density at radius 2 is 2.36 bits per heavy atom. The van der Waals surface area contributed by atoms with E-state index >= 15 is 0 Å². The normalized spacial score (nSPS) is 11.7. The second-order valence-electron chi connectivity index (χ2n) is 2.04. The smallest absolute Gasteiger partial charge is 0.216 e. The number of hydrogen-bond donors (Lipinski definition) is 1. The first-order valence-electron chi connectivity index (χ1n) is 3.07. The van der Waals surface area contributed by atoms with Gasteiger partial charge in [0.25, 0.3) is 0 Å². The lowest BCUT2D eigenvalue weighted by Crippen LogP contribution is -2.19. The number of thiophene rings is 1. The first kappa shape index (κ1) is 8.70. The Morgan fingerprint density at radius 1 is 1.64 bits per heavy atom. The molecule has 0 spiro atoms. The molecule has 3 nitrogen and oxygen atoms in total. The van der Waals surface area contributed by atoms with Gasteiger partial charge in [-0.3, -0.25) is 0 Å². The fourth-order valence-electron chi connectivity index (χ4n) is 0.654. The molecule has 11 heavy (non-hydrogen) atoms. The molecule has 62 valence electrons. The van der Waals surface area contributed by atoms with Gasteiger partial charge in [-0.15, -0.1) is 11.3 Å². The Labute approximate surface area is 70.1 Å². The van der Waals surface area contributed by atoms with E-state index in [4.69, 9.17) is 0 Å². The molecule has 0 bridgehead atoms. The van der Waals surface area contributed by atoms with Crippen LogP contribution in [0.25, 0.3) is 0 Å². The summed E-state index contributed by atoms with van der Waals surface area (Å²) in [6.07, 6.45) is 0. The molecule has 0 aliphatic carbocycles. The summed E-state index contributed by atoms with van der Waals surface area (Å²) in [5, 5.41) is 1.86. The molecule has 1 N–H and O–H groups in total. The maximum absolute atomic E-state index is 11.0. The first-order valence-corrected chi connectivity index (χ1v) is 5.61. The Hall–Kier alpha value is -0.390. The minimum Gasteiger partial charge on any atom is -0.218 e. The predicted molar refractivity (Wildman–Crippen MR) is 46.0 cm³/mol. The average Bonchev–Trinajstić information content (AvgIpc) is 2.39. The second kappa shape index (κ2) is 3.34. The van der Waals surface area contributed by atoms with Gasteiger partial charge in [0.05, 0.1) is 5.75 Å². The molecule has 0 unspecified atom stereocenters. The molecule has 0 aromatic carbocycles. The van der Waals surface area contributed by atoms with Gasteiger partial charge in [0, 0.05) is 4.88 Å². The zero-order valence-corrected chi connectivity index (χ0v) is 7.71. The summed E-state index contributed by atoms with van der Waals surface area (Å²) in [5.41, 5.74) is 0. The van der Waals surface area contributed by atoms with Crippen molar-refractivity contribution in [3.8, 4) is 0 Å². The highest BCUT2D eigenvalue weighted by Gasteiger charge is 2.07. The molecule has 0 atom stereocenters. The topological polar surface area (TPSA) is 46.2 Å². The van der Waals surface area contributed by atoms with Crippen LogP contribution < -0.4 is 4.72 Å². The van der Waals surface area contributed by atoms with Crippen molar-refractivity contribution in [3.63, 3.8) is 0 Å². The third-order valence-corrected chi connectivity index (χ3v) is 3.60. The zero-order valence-electron chi connectivity index (χ0n) is 6.07. The average molecular weight is 191 g/mol. The lowest BCUT2D eigenvalue weighted by molar-refractivity contribution is 0.588. The third kappa shape index (κ3) is 2.61. The minimum absolute atomic E-state index is 0.0845. The van der Waals surface area contributed by atoms with Crippen molar-refractivity contribution in [2.75, 3.05) is 7.05 Å². The van der Waals surface area contributed by atoms with Gasteiger partial charge >= 0.3 is 0 Å². The fourth-order valence-corrected chi connectivity index (χ4v) is 2.50. The van der Waals surface area contributed by atoms with Crippen molar-refractivity contribution in [2.45, 2.75) is 5.75 Å². The Kier molecular flexibility index (Phi) is 2.64. The predicted octanol–water partition coefficient (Wildman–Crippen LogP) is 0.797. The molecule has 0 amide bonds. The highest BCUT2D eigenvalue weighted by atomic mass is 32.2. The van der Waals surface area contributed by atoms with Crippen LogP contribution in [0.1, 0.15) is 4.88 Å². The van der Waals surface area contributed by atoms with E-state index in [2.05, 4.69) is 4.72 Å². The fraction of sp³-hybridized carbons (Fsp3) is 0.333. The van der Waals surface area contributed by atoms with E-state index in [1.54, 1.807) is 6.07 Å². The highest BCUT2D eigenvalue weighted by Crippen LogP contribution is 2.11. The van der Waals surface area contributed by atoms with Gasteiger partial charge in [0.15, 0.2) is 0 Å². The molecule has 0 radical (unpaired) electrons. The molecular formula is C6H9NO2S2. The SMILES string of the molecule is CNS(=O)(=O)Cc1cccs1. The molecule has 0 aliphatic heterocycles. The summed E-state index contributed by atoms with van der Waals surface area (Å²) in [6.45, 7) is 0. The van der Waals surface area contributed by atoms with E-state index in [9.17, 15) is 8.42 Å². The van der Waals surface area contributed by atoms with Crippen molar-refractivity contribution in [3.05, 3.63) is 22.4 Å². The van der Waals surface area contributed by atoms with Crippen LogP contribution >= 0.6 is 11.3 Å². The lowest BCUT2D eigenvalue weighted by Gasteiger charge is -1.97. The first-order chi connectivity index (χ1) is 5.14. The van der Waals surface area contributed by atoms with Crippen LogP contribution in [0.2, 0.25) is 0 Å². The van der Waals surface area contributed by atoms with Gasteiger partial charge in [-0.2, -0.15) is 0 Å². The van der Waals surface area contributed by atoms with Crippen LogP contribution in [0, 0.1) is 0 Å². The van der Waals surface area contributed by atoms with E-state index < -0.39 is 10.0 Å². The van der Waals surface area contributed by atoms with Gasteiger partial charge in [0.1, 0.15) is 0 Å². The number of nitrogens with one attached hydrogen (secondary N) is 1. The molecule has 5 heteroatoms. The van der Waals surface area contributed by atoms with E-state index in [1.165, 1.54) is 18.4 Å². The largest absolute Gasteiger partial charge is 0.218 e. The summed E-state index contributed by atoms with van der Waals surface area (Å²) in [5.74, 6) is 0.0845. The zero-order chi connectivity index (χ0) is 8.32. The quantitative estimate of drug-likeness (QED) is 0.768. The van der Waals surface area contributed by atoms with Crippen molar-refractivity contribution in [2.24, 2.45) is 0 Å². The summed E-state index contributed by atoms with van der Waals surface area (Å²) < 4.78 is 24.2. The molecule has 0 saturated carbocycles. The maximum atomic E-state index is 11.0. The van der Waals surface area contributed by atoms with E-state index in [-0.39, 0.29) is 5.75 Å². The van der Waals surface area contributed by atoms with E-state index in [0.29, 0.717) is 0 Å². The maximum Gasteiger partial charge on any atom is 0.216 e. The molecule has 0 saturated heterocycles. The van der Waals surface area contributed by atoms with Crippen LogP contribution in [0.15, 0.2) is 17.5 Å². The van der Waals surface area contributed by atoms with Crippen LogP contribution in [0.5, 0.6) is 0 Å². The van der Waals surface area contributed by atoms with Crippen molar-refractivity contribution >= 4 is 21.4 Å². The monoisotopic (exact) mass is 191 g/mol. The minimum atomic E-state index is -3.08. The van der Waals surface area contributed by atoms with Crippen LogP contribution in [0.3, 0.4) is 0 Å². The van der Waals surface area contributed by atoms with Crippen molar-refractivity contribution in [1.29, 1.82) is 0 Å². The van der Waals surface area contributed by atoms with Gasteiger partial charge in [-0.25, -0.2) is 13.1 Å². The van der Waals surface area contributed by atoms with E-state index in [1.807, 2.05) is 11.4 Å². The summed E-state index contributed by atoms with van der Waals surface area (Å²) in [7, 11) is -1.66. The molecule has 0 aliphatic rings. The number of hydrogen-bond acceptors (Lipinski definition) is 3. The summed E-state index contributed by atoms with van der Waals surface area (Å²) in [4.78, 5) is 0.861. The van der Waals surface area contributed by atoms with Gasteiger partial charge in [-0.1, -0.05) is 6.07 Å². The molecule has 1 aromatic heterocycles. The standard InChI is InChI=1S/C6H9NO2S2/c1-7-11(8,9)5-6-3-2-4-10-6/h2-4,7H,5H2,1H3. The van der Waals surface area contributed by atoms with Crippen LogP contribution in [0.4, 0.5) is 0 Å². The molecule has 1 rings (SSSR count). The third-order valence-electron chi connectivity index (χ3n) is 1.22. The van der Waals surface area contributed by atoms with Crippen molar-refractivity contribution in [1.82, 2.24) is 4.72 Å². The van der Waals surface area contributed by atoms with Gasteiger partial charge in [0.2, 0.25) is 10.0 Å². The van der Waals surface area contributed by atoms with Gasteiger partial charge in [-0.05, 0) is 18.5 Å². The molecular weight excluding hydrogens is 182 g/mol. The number of rotatable bonds is 3. The molecule has 0 fully saturated rings. The second-order valence-corrected chi connectivity index (χ2v) is 5.00. The number of sulfonamides is 1. The highest BCUT2D eigenvalue weighted by molar-refractivity contribution is 7.88. The Balaban J connectivity index is 2.72. The van der Waals surface area contributed by atoms with E-state index in [0.717, 1.165) is 4.88 Å².